The first-order valence-electron chi connectivity index (χ1n) is 7.11. The van der Waals surface area contributed by atoms with Crippen molar-refractivity contribution in [3.05, 3.63) is 47.5 Å². The molecule has 3 aromatic heterocycles. The topological polar surface area (TPSA) is 82.5 Å². The quantitative estimate of drug-likeness (QED) is 0.685. The number of rotatable bonds is 4. The molecule has 0 radical (unpaired) electrons. The number of pyridine rings is 1. The number of esters is 1. The lowest BCUT2D eigenvalue weighted by Crippen LogP contribution is -2.03. The second kappa shape index (κ2) is 4.94. The molecule has 0 atom stereocenters. The molecule has 0 aromatic carbocycles. The molecule has 0 aliphatic heterocycles. The summed E-state index contributed by atoms with van der Waals surface area (Å²) in [7, 11) is 1.28. The van der Waals surface area contributed by atoms with E-state index in [1.54, 1.807) is 0 Å². The third-order valence-electron chi connectivity index (χ3n) is 3.74. The number of carbonyl (C=O) groups is 1. The molecule has 0 spiro atoms. The van der Waals surface area contributed by atoms with Crippen LogP contribution in [-0.4, -0.2) is 32.6 Å². The largest absolute Gasteiger partial charge is 0.463 e. The van der Waals surface area contributed by atoms with Crippen LogP contribution in [0.4, 0.5) is 0 Å². The molecule has 3 heterocycles. The normalized spacial score (nSPS) is 14.4. The van der Waals surface area contributed by atoms with E-state index in [1.165, 1.54) is 25.5 Å². The van der Waals surface area contributed by atoms with Gasteiger partial charge in [-0.1, -0.05) is 6.07 Å². The molecule has 0 saturated heterocycles. The van der Waals surface area contributed by atoms with Crippen molar-refractivity contribution in [1.29, 1.82) is 0 Å². The molecule has 1 aliphatic rings. The molecule has 7 nitrogen and oxygen atoms in total. The molecule has 0 amide bonds. The number of aromatic nitrogens is 4. The Labute approximate surface area is 125 Å². The number of ether oxygens (including phenoxy) is 1. The van der Waals surface area contributed by atoms with Crippen LogP contribution < -0.4 is 0 Å². The van der Waals surface area contributed by atoms with E-state index in [-0.39, 0.29) is 5.82 Å². The first-order valence-corrected chi connectivity index (χ1v) is 7.11. The zero-order valence-electron chi connectivity index (χ0n) is 12.0. The maximum atomic E-state index is 11.3. The summed E-state index contributed by atoms with van der Waals surface area (Å²) in [4.78, 5) is 19.8. The molecule has 112 valence electrons. The minimum Gasteiger partial charge on any atom is -0.463 e. The Bertz CT molecular complexity index is 847. The van der Waals surface area contributed by atoms with Crippen LogP contribution in [-0.2, 0) is 11.2 Å². The SMILES string of the molecule is COC(=O)c1noc(Cc2cn3cc(C4CC4)ccc3n2)n1. The van der Waals surface area contributed by atoms with Gasteiger partial charge in [-0.15, -0.1) is 0 Å². The summed E-state index contributed by atoms with van der Waals surface area (Å²) in [6.07, 6.45) is 6.99. The highest BCUT2D eigenvalue weighted by Crippen LogP contribution is 2.39. The van der Waals surface area contributed by atoms with Crippen LogP contribution >= 0.6 is 0 Å². The molecule has 0 unspecified atom stereocenters. The van der Waals surface area contributed by atoms with Gasteiger partial charge >= 0.3 is 5.97 Å². The monoisotopic (exact) mass is 298 g/mol. The highest BCUT2D eigenvalue weighted by molar-refractivity contribution is 5.84. The Morgan fingerprint density at radius 1 is 1.36 bits per heavy atom. The Balaban J connectivity index is 1.58. The summed E-state index contributed by atoms with van der Waals surface area (Å²) >= 11 is 0. The number of carbonyl (C=O) groups excluding carboxylic acids is 1. The summed E-state index contributed by atoms with van der Waals surface area (Å²) in [5, 5.41) is 3.59. The Morgan fingerprint density at radius 3 is 3.00 bits per heavy atom. The van der Waals surface area contributed by atoms with Gasteiger partial charge in [0, 0.05) is 12.4 Å². The van der Waals surface area contributed by atoms with Gasteiger partial charge in [0.25, 0.3) is 5.82 Å². The number of methoxy groups -OCH3 is 1. The summed E-state index contributed by atoms with van der Waals surface area (Å²) in [5.41, 5.74) is 3.04. The maximum absolute atomic E-state index is 11.3. The van der Waals surface area contributed by atoms with Crippen molar-refractivity contribution >= 4 is 11.6 Å². The molecule has 4 rings (SSSR count). The fourth-order valence-corrected chi connectivity index (χ4v) is 2.46. The zero-order chi connectivity index (χ0) is 15.1. The summed E-state index contributed by atoms with van der Waals surface area (Å²) in [6.45, 7) is 0. The molecule has 1 fully saturated rings. The van der Waals surface area contributed by atoms with Crippen LogP contribution in [0.5, 0.6) is 0 Å². The fraction of sp³-hybridized carbons (Fsp3) is 0.333. The first-order chi connectivity index (χ1) is 10.7. The van der Waals surface area contributed by atoms with Crippen molar-refractivity contribution in [2.75, 3.05) is 7.11 Å². The van der Waals surface area contributed by atoms with E-state index in [2.05, 4.69) is 32.1 Å². The molecule has 3 aromatic rings. The van der Waals surface area contributed by atoms with Crippen LogP contribution in [0, 0.1) is 0 Å². The van der Waals surface area contributed by atoms with E-state index in [0.29, 0.717) is 18.2 Å². The van der Waals surface area contributed by atoms with Gasteiger partial charge in [0.1, 0.15) is 5.65 Å². The van der Waals surface area contributed by atoms with Crippen LogP contribution in [0.1, 0.15) is 46.5 Å². The maximum Gasteiger partial charge on any atom is 0.379 e. The van der Waals surface area contributed by atoms with Crippen molar-refractivity contribution in [2.24, 2.45) is 0 Å². The van der Waals surface area contributed by atoms with Gasteiger partial charge in [0.15, 0.2) is 0 Å². The lowest BCUT2D eigenvalue weighted by atomic mass is 10.2. The minimum absolute atomic E-state index is 0.0720. The van der Waals surface area contributed by atoms with Gasteiger partial charge in [-0.25, -0.2) is 9.78 Å². The molecular weight excluding hydrogens is 284 g/mol. The van der Waals surface area contributed by atoms with Gasteiger partial charge in [0.05, 0.1) is 19.2 Å². The minimum atomic E-state index is -0.612. The van der Waals surface area contributed by atoms with Gasteiger partial charge in [-0.2, -0.15) is 4.98 Å². The fourth-order valence-electron chi connectivity index (χ4n) is 2.46. The van der Waals surface area contributed by atoms with Gasteiger partial charge in [0.2, 0.25) is 5.89 Å². The predicted octanol–water partition coefficient (Wildman–Crippen LogP) is 1.97. The molecular formula is C15H14N4O3. The number of fused-ring (bicyclic) bond motifs is 1. The Morgan fingerprint density at radius 2 is 2.23 bits per heavy atom. The van der Waals surface area contributed by atoms with Gasteiger partial charge in [-0.3, -0.25) is 0 Å². The van der Waals surface area contributed by atoms with Crippen molar-refractivity contribution in [2.45, 2.75) is 25.2 Å². The third kappa shape index (κ3) is 2.34. The van der Waals surface area contributed by atoms with E-state index in [9.17, 15) is 4.79 Å². The van der Waals surface area contributed by atoms with E-state index in [0.717, 1.165) is 11.3 Å². The second-order valence-electron chi connectivity index (χ2n) is 5.41. The summed E-state index contributed by atoms with van der Waals surface area (Å²) < 4.78 is 11.6. The smallest absolute Gasteiger partial charge is 0.379 e. The van der Waals surface area contributed by atoms with Crippen molar-refractivity contribution in [1.82, 2.24) is 19.5 Å². The Hall–Kier alpha value is -2.70. The van der Waals surface area contributed by atoms with Crippen molar-refractivity contribution < 1.29 is 14.1 Å². The Kier molecular flexibility index (Phi) is 2.92. The van der Waals surface area contributed by atoms with Crippen molar-refractivity contribution in [3.8, 4) is 0 Å². The van der Waals surface area contributed by atoms with Gasteiger partial charge < -0.3 is 13.7 Å². The lowest BCUT2D eigenvalue weighted by molar-refractivity contribution is 0.0583. The van der Waals surface area contributed by atoms with Crippen LogP contribution in [0.15, 0.2) is 29.0 Å². The predicted molar refractivity (Wildman–Crippen MR) is 75.6 cm³/mol. The van der Waals surface area contributed by atoms with Crippen LogP contribution in [0.3, 0.4) is 0 Å². The van der Waals surface area contributed by atoms with E-state index in [4.69, 9.17) is 4.52 Å². The van der Waals surface area contributed by atoms with Crippen LogP contribution in [0.25, 0.3) is 5.65 Å². The molecule has 7 heteroatoms. The van der Waals surface area contributed by atoms with E-state index >= 15 is 0 Å². The van der Waals surface area contributed by atoms with Crippen molar-refractivity contribution in [3.63, 3.8) is 0 Å². The van der Waals surface area contributed by atoms with Gasteiger partial charge in [-0.05, 0) is 35.5 Å². The number of hydrogen-bond acceptors (Lipinski definition) is 6. The van der Waals surface area contributed by atoms with E-state index in [1.807, 2.05) is 16.7 Å². The molecule has 0 bridgehead atoms. The first kappa shape index (κ1) is 13.0. The van der Waals surface area contributed by atoms with E-state index < -0.39 is 5.97 Å². The highest BCUT2D eigenvalue weighted by atomic mass is 16.5. The molecule has 1 saturated carbocycles. The van der Waals surface area contributed by atoms with Crippen LogP contribution in [0.2, 0.25) is 0 Å². The molecule has 22 heavy (non-hydrogen) atoms. The summed E-state index contributed by atoms with van der Waals surface area (Å²) in [6, 6.07) is 4.15. The molecule has 0 N–H and O–H groups in total. The average molecular weight is 298 g/mol. The number of imidazole rings is 1. The molecule has 1 aliphatic carbocycles. The zero-order valence-corrected chi connectivity index (χ0v) is 12.0. The highest BCUT2D eigenvalue weighted by Gasteiger charge is 2.24. The number of nitrogens with zero attached hydrogens (tertiary/aromatic N) is 4. The second-order valence-corrected chi connectivity index (χ2v) is 5.41. The average Bonchev–Trinajstić information content (AvgIpc) is 3.15. The lowest BCUT2D eigenvalue weighted by Gasteiger charge is -1.98. The summed E-state index contributed by atoms with van der Waals surface area (Å²) in [5.74, 6) is 0.358. The third-order valence-corrected chi connectivity index (χ3v) is 3.74. The number of hydrogen-bond donors (Lipinski definition) is 0. The standard InChI is InChI=1S/C15H14N4O3/c1-21-15(20)14-17-13(22-18-14)6-11-8-19-7-10(9-2-3-9)4-5-12(19)16-11/h4-5,7-9H,2-3,6H2,1H3.